The molecule has 2 aliphatic heterocycles. The first-order chi connectivity index (χ1) is 17.9. The quantitative estimate of drug-likeness (QED) is 0.390. The Kier molecular flexibility index (Phi) is 9.88. The lowest BCUT2D eigenvalue weighted by Gasteiger charge is -2.39. The Bertz CT molecular complexity index is 1220. The second-order valence-electron chi connectivity index (χ2n) is 10.3. The van der Waals surface area contributed by atoms with E-state index in [0.29, 0.717) is 11.6 Å². The maximum atomic E-state index is 12.4. The molecule has 0 radical (unpaired) electrons. The Labute approximate surface area is 243 Å². The zero-order chi connectivity index (χ0) is 27.7. The lowest BCUT2D eigenvalue weighted by Crippen LogP contribution is -2.49. The highest BCUT2D eigenvalue weighted by Gasteiger charge is 2.42. The van der Waals surface area contributed by atoms with E-state index in [1.165, 1.54) is 33.0 Å². The van der Waals surface area contributed by atoms with Crippen LogP contribution in [0.15, 0.2) is 30.3 Å². The number of β-amino-alcohol motifs (C(OH)–C–C–N with tert-alkyl or cyclic N) is 1. The molecule has 12 heteroatoms. The molecule has 0 unspecified atom stereocenters. The average Bonchev–Trinajstić information content (AvgIpc) is 3.21. The maximum Gasteiger partial charge on any atom is 0.347 e. The number of nitrogens with one attached hydrogen (secondary N) is 1. The van der Waals surface area contributed by atoms with Crippen LogP contribution in [-0.2, 0) is 11.2 Å². The molecule has 1 spiro atoms. The summed E-state index contributed by atoms with van der Waals surface area (Å²) in [5, 5.41) is 23.4. The zero-order valence-electron chi connectivity index (χ0n) is 22.0. The number of piperidine rings is 1. The maximum absolute atomic E-state index is 12.4. The van der Waals surface area contributed by atoms with E-state index in [4.69, 9.17) is 37.4 Å². The molecule has 2 aromatic rings. The van der Waals surface area contributed by atoms with Crippen molar-refractivity contribution in [2.24, 2.45) is 0 Å². The second kappa shape index (κ2) is 12.4. The topological polar surface area (TPSA) is 118 Å². The second-order valence-corrected chi connectivity index (χ2v) is 11.1. The van der Waals surface area contributed by atoms with Crippen LogP contribution in [0.2, 0.25) is 10.0 Å². The Balaban J connectivity index is 0.00000420. The van der Waals surface area contributed by atoms with Gasteiger partial charge in [-0.1, -0.05) is 23.2 Å². The first kappa shape index (κ1) is 31.1. The third-order valence-electron chi connectivity index (χ3n) is 6.92. The number of fused-ring (bicyclic) bond motifs is 1. The van der Waals surface area contributed by atoms with Crippen molar-refractivity contribution in [1.82, 2.24) is 10.2 Å². The third kappa shape index (κ3) is 7.21. The van der Waals surface area contributed by atoms with Crippen molar-refractivity contribution >= 4 is 47.5 Å². The standard InChI is InChI=1S/C27H32Cl2N2O7.ClH/c1-26(2,25(34)35)37-23-12-22(19(11-20(23)29)24(33)30-3)36-15-18(32)14-31-8-6-27(7-9-31)13-16-10-17(28)4-5-21(16)38-27;/h4-5,10-12,18,32H,6-9,13-15H2,1-3H3,(H,30,33)(H,34,35);1H/t18-;/m0./s1. The minimum absolute atomic E-state index is 0. The van der Waals surface area contributed by atoms with E-state index in [-0.39, 0.29) is 46.7 Å². The van der Waals surface area contributed by atoms with Gasteiger partial charge < -0.3 is 34.6 Å². The number of carboxylic acid groups (broad SMARTS) is 1. The first-order valence-corrected chi connectivity index (χ1v) is 13.2. The Hall–Kier alpha value is -2.43. The summed E-state index contributed by atoms with van der Waals surface area (Å²) >= 11 is 12.4. The van der Waals surface area contributed by atoms with Crippen molar-refractivity contribution in [3.8, 4) is 17.2 Å². The van der Waals surface area contributed by atoms with Crippen LogP contribution < -0.4 is 19.5 Å². The number of aliphatic hydroxyl groups excluding tert-OH is 1. The van der Waals surface area contributed by atoms with E-state index in [1.54, 1.807) is 0 Å². The number of hydrogen-bond donors (Lipinski definition) is 3. The van der Waals surface area contributed by atoms with Crippen LogP contribution in [0.5, 0.6) is 17.2 Å². The number of rotatable bonds is 9. The fraction of sp³-hybridized carbons (Fsp3) is 0.481. The summed E-state index contributed by atoms with van der Waals surface area (Å²) in [6.45, 7) is 4.57. The fourth-order valence-electron chi connectivity index (χ4n) is 4.72. The van der Waals surface area contributed by atoms with E-state index < -0.39 is 23.6 Å². The van der Waals surface area contributed by atoms with Crippen LogP contribution in [0, 0.1) is 0 Å². The molecule has 1 atom stereocenters. The number of nitrogens with zero attached hydrogens (tertiary/aromatic N) is 1. The molecule has 2 aromatic carbocycles. The minimum atomic E-state index is -1.56. The highest BCUT2D eigenvalue weighted by molar-refractivity contribution is 6.32. The third-order valence-corrected chi connectivity index (χ3v) is 7.45. The van der Waals surface area contributed by atoms with Gasteiger partial charge in [-0.3, -0.25) is 4.79 Å². The van der Waals surface area contributed by atoms with Gasteiger partial charge in [0.1, 0.15) is 35.6 Å². The van der Waals surface area contributed by atoms with Crippen molar-refractivity contribution in [1.29, 1.82) is 0 Å². The molecule has 2 heterocycles. The number of amides is 1. The SMILES string of the molecule is CNC(=O)c1cc(Cl)c(OC(C)(C)C(=O)O)cc1OC[C@@H](O)CN1CCC2(CC1)Cc1cc(Cl)ccc1O2.Cl. The summed E-state index contributed by atoms with van der Waals surface area (Å²) in [4.78, 5) is 26.0. The van der Waals surface area contributed by atoms with Gasteiger partial charge in [-0.25, -0.2) is 4.79 Å². The predicted molar refractivity (Wildman–Crippen MR) is 150 cm³/mol. The van der Waals surface area contributed by atoms with E-state index in [2.05, 4.69) is 10.2 Å². The summed E-state index contributed by atoms with van der Waals surface area (Å²) in [5.41, 5.74) is -0.527. The minimum Gasteiger partial charge on any atom is -0.490 e. The van der Waals surface area contributed by atoms with Gasteiger partial charge >= 0.3 is 5.97 Å². The first-order valence-electron chi connectivity index (χ1n) is 12.4. The number of halogens is 3. The number of hydrogen-bond acceptors (Lipinski definition) is 7. The molecule has 0 saturated carbocycles. The highest BCUT2D eigenvalue weighted by Crippen LogP contribution is 2.42. The summed E-state index contributed by atoms with van der Waals surface area (Å²) in [6, 6.07) is 8.44. The number of aliphatic hydroxyl groups is 1. The molecule has 1 saturated heterocycles. The monoisotopic (exact) mass is 602 g/mol. The fourth-order valence-corrected chi connectivity index (χ4v) is 5.12. The van der Waals surface area contributed by atoms with Crippen molar-refractivity contribution in [2.75, 3.05) is 33.3 Å². The number of ether oxygens (including phenoxy) is 3. The number of carboxylic acids is 1. The van der Waals surface area contributed by atoms with Crippen LogP contribution >= 0.6 is 35.6 Å². The zero-order valence-corrected chi connectivity index (χ0v) is 24.3. The number of carbonyl (C=O) groups excluding carboxylic acids is 1. The number of likely N-dealkylation sites (tertiary alicyclic amines) is 1. The molecule has 1 amide bonds. The van der Waals surface area contributed by atoms with Gasteiger partial charge in [0.2, 0.25) is 0 Å². The van der Waals surface area contributed by atoms with Crippen LogP contribution in [0.3, 0.4) is 0 Å². The summed E-state index contributed by atoms with van der Waals surface area (Å²) < 4.78 is 17.7. The van der Waals surface area contributed by atoms with Gasteiger partial charge in [0.15, 0.2) is 5.60 Å². The normalized spacial score (nSPS) is 17.0. The molecule has 39 heavy (non-hydrogen) atoms. The lowest BCUT2D eigenvalue weighted by atomic mass is 9.87. The van der Waals surface area contributed by atoms with E-state index in [1.807, 2.05) is 18.2 Å². The Morgan fingerprint density at radius 3 is 2.51 bits per heavy atom. The summed E-state index contributed by atoms with van der Waals surface area (Å²) in [7, 11) is 1.47. The molecule has 3 N–H and O–H groups in total. The lowest BCUT2D eigenvalue weighted by molar-refractivity contribution is -0.152. The van der Waals surface area contributed by atoms with Gasteiger partial charge in [-0.2, -0.15) is 0 Å². The van der Waals surface area contributed by atoms with Crippen LogP contribution in [0.25, 0.3) is 0 Å². The van der Waals surface area contributed by atoms with Gasteiger partial charge in [0.25, 0.3) is 5.91 Å². The number of aliphatic carboxylic acids is 1. The number of carbonyl (C=O) groups is 2. The molecule has 0 bridgehead atoms. The van der Waals surface area contributed by atoms with E-state index >= 15 is 0 Å². The van der Waals surface area contributed by atoms with Crippen molar-refractivity contribution < 1.29 is 34.0 Å². The highest BCUT2D eigenvalue weighted by atomic mass is 35.5. The Morgan fingerprint density at radius 2 is 1.87 bits per heavy atom. The number of benzene rings is 2. The van der Waals surface area contributed by atoms with Crippen molar-refractivity contribution in [3.05, 3.63) is 51.5 Å². The summed E-state index contributed by atoms with van der Waals surface area (Å²) in [6.07, 6.45) is 1.64. The van der Waals surface area contributed by atoms with E-state index in [9.17, 15) is 19.8 Å². The molecule has 2 aliphatic rings. The molecular formula is C27H33Cl3N2O7. The van der Waals surface area contributed by atoms with Crippen LogP contribution in [0.4, 0.5) is 0 Å². The largest absolute Gasteiger partial charge is 0.490 e. The van der Waals surface area contributed by atoms with E-state index in [0.717, 1.165) is 43.7 Å². The van der Waals surface area contributed by atoms with Crippen LogP contribution in [-0.4, -0.2) is 77.6 Å². The molecule has 1 fully saturated rings. The van der Waals surface area contributed by atoms with Gasteiger partial charge in [0, 0.05) is 57.0 Å². The molecule has 9 nitrogen and oxygen atoms in total. The molecular weight excluding hydrogens is 571 g/mol. The predicted octanol–water partition coefficient (Wildman–Crippen LogP) is 4.23. The van der Waals surface area contributed by atoms with Crippen molar-refractivity contribution in [2.45, 2.75) is 50.4 Å². The molecule has 0 aliphatic carbocycles. The van der Waals surface area contributed by atoms with Crippen molar-refractivity contribution in [3.63, 3.8) is 0 Å². The van der Waals surface area contributed by atoms with Crippen LogP contribution in [0.1, 0.15) is 42.6 Å². The Morgan fingerprint density at radius 1 is 1.18 bits per heavy atom. The van der Waals surface area contributed by atoms with Gasteiger partial charge in [-0.05, 0) is 43.7 Å². The van der Waals surface area contributed by atoms with Gasteiger partial charge in [-0.15, -0.1) is 12.4 Å². The van der Waals surface area contributed by atoms with Gasteiger partial charge in [0.05, 0.1) is 10.6 Å². The smallest absolute Gasteiger partial charge is 0.347 e. The molecule has 0 aromatic heterocycles. The molecule has 4 rings (SSSR count). The average molecular weight is 604 g/mol. The summed E-state index contributed by atoms with van der Waals surface area (Å²) in [5.74, 6) is -0.559. The molecule has 214 valence electrons.